The van der Waals surface area contributed by atoms with E-state index in [1.165, 1.54) is 6.20 Å². The Hall–Kier alpha value is -1.79. The predicted molar refractivity (Wildman–Crippen MR) is 68.5 cm³/mol. The Morgan fingerprint density at radius 1 is 1.47 bits per heavy atom. The minimum absolute atomic E-state index is 0.0971. The van der Waals surface area contributed by atoms with Crippen molar-refractivity contribution in [1.82, 2.24) is 4.98 Å². The van der Waals surface area contributed by atoms with Crippen molar-refractivity contribution < 1.29 is 13.2 Å². The second-order valence-electron chi connectivity index (χ2n) is 4.58. The van der Waals surface area contributed by atoms with Gasteiger partial charge in [-0.2, -0.15) is 13.2 Å². The highest BCUT2D eigenvalue weighted by Gasteiger charge is 2.33. The highest BCUT2D eigenvalue weighted by molar-refractivity contribution is 6.01. The smallest absolute Gasteiger partial charge is 0.384 e. The fourth-order valence-corrected chi connectivity index (χ4v) is 1.79. The molecule has 0 atom stereocenters. The molecule has 1 aromatic rings. The lowest BCUT2D eigenvalue weighted by atomic mass is 10.1. The van der Waals surface area contributed by atoms with Gasteiger partial charge in [-0.05, 0) is 32.4 Å². The average Bonchev–Trinajstić information content (AvgIpc) is 2.23. The van der Waals surface area contributed by atoms with Crippen LogP contribution in [0.5, 0.6) is 0 Å². The first-order chi connectivity index (χ1) is 8.63. The van der Waals surface area contributed by atoms with Gasteiger partial charge in [-0.15, -0.1) is 0 Å². The number of nitrogen functional groups attached to an aromatic ring is 1. The molecule has 0 aliphatic heterocycles. The zero-order valence-corrected chi connectivity index (χ0v) is 11.0. The van der Waals surface area contributed by atoms with Gasteiger partial charge in [0.15, 0.2) is 0 Å². The van der Waals surface area contributed by atoms with Crippen molar-refractivity contribution in [3.8, 4) is 0 Å². The van der Waals surface area contributed by atoms with Crippen LogP contribution in [0, 0.1) is 12.3 Å². The summed E-state index contributed by atoms with van der Waals surface area (Å²) in [6, 6.07) is 1.21. The molecular weight excluding hydrogens is 257 g/mol. The van der Waals surface area contributed by atoms with Crippen LogP contribution < -0.4 is 10.6 Å². The monoisotopic (exact) mass is 274 g/mol. The molecular formula is C12H17F3N4. The number of rotatable bonds is 4. The number of aryl methyl sites for hydroxylation is 1. The van der Waals surface area contributed by atoms with Crippen molar-refractivity contribution in [2.24, 2.45) is 5.73 Å². The van der Waals surface area contributed by atoms with E-state index in [1.807, 2.05) is 0 Å². The summed E-state index contributed by atoms with van der Waals surface area (Å²) in [5.74, 6) is -0.187. The van der Waals surface area contributed by atoms with Crippen LogP contribution in [-0.2, 0) is 0 Å². The number of anilines is 1. The lowest BCUT2D eigenvalue weighted by Gasteiger charge is -2.30. The summed E-state index contributed by atoms with van der Waals surface area (Å²) in [5, 5.41) is 7.51. The number of nitrogens with zero attached hydrogens (tertiary/aromatic N) is 2. The van der Waals surface area contributed by atoms with Gasteiger partial charge in [0.1, 0.15) is 18.2 Å². The van der Waals surface area contributed by atoms with Gasteiger partial charge in [-0.25, -0.2) is 4.98 Å². The molecule has 19 heavy (non-hydrogen) atoms. The number of hydrogen-bond acceptors (Lipinski definition) is 3. The fraction of sp³-hybridized carbons (Fsp3) is 0.500. The highest BCUT2D eigenvalue weighted by atomic mass is 19.4. The summed E-state index contributed by atoms with van der Waals surface area (Å²) in [6.45, 7) is 3.84. The standard InChI is InChI=1S/C12H17F3N4/c1-7(2)19(6-12(13,14)15)11-9(10(16)17)8(3)4-5-18-11/h4-5,7H,6H2,1-3H3,(H3,16,17). The van der Waals surface area contributed by atoms with Crippen LogP contribution in [0.2, 0.25) is 0 Å². The minimum Gasteiger partial charge on any atom is -0.384 e. The van der Waals surface area contributed by atoms with Gasteiger partial charge in [0.2, 0.25) is 0 Å². The van der Waals surface area contributed by atoms with Crippen LogP contribution in [0.4, 0.5) is 19.0 Å². The van der Waals surface area contributed by atoms with Crippen molar-refractivity contribution >= 4 is 11.7 Å². The van der Waals surface area contributed by atoms with Gasteiger partial charge in [0.25, 0.3) is 0 Å². The lowest BCUT2D eigenvalue weighted by molar-refractivity contribution is -0.120. The van der Waals surface area contributed by atoms with E-state index in [4.69, 9.17) is 11.1 Å². The quantitative estimate of drug-likeness (QED) is 0.654. The Bertz CT molecular complexity index is 469. The molecule has 0 fully saturated rings. The molecule has 1 heterocycles. The summed E-state index contributed by atoms with van der Waals surface area (Å²) < 4.78 is 37.9. The Labute approximate surface area is 109 Å². The molecule has 0 bridgehead atoms. The number of nitrogens with one attached hydrogen (secondary N) is 1. The van der Waals surface area contributed by atoms with E-state index >= 15 is 0 Å². The summed E-state index contributed by atoms with van der Waals surface area (Å²) in [4.78, 5) is 5.07. The van der Waals surface area contributed by atoms with Gasteiger partial charge in [-0.3, -0.25) is 5.41 Å². The second kappa shape index (κ2) is 5.46. The molecule has 0 aromatic carbocycles. The van der Waals surface area contributed by atoms with Crippen LogP contribution >= 0.6 is 0 Å². The van der Waals surface area contributed by atoms with Gasteiger partial charge in [0, 0.05) is 12.2 Å². The molecule has 0 spiro atoms. The summed E-state index contributed by atoms with van der Waals surface area (Å²) in [7, 11) is 0. The molecule has 1 rings (SSSR count). The number of pyridine rings is 1. The normalized spacial score (nSPS) is 11.7. The van der Waals surface area contributed by atoms with Crippen LogP contribution in [0.25, 0.3) is 0 Å². The number of alkyl halides is 3. The van der Waals surface area contributed by atoms with Crippen molar-refractivity contribution in [3.05, 3.63) is 23.4 Å². The van der Waals surface area contributed by atoms with E-state index in [2.05, 4.69) is 4.98 Å². The topological polar surface area (TPSA) is 66.0 Å². The Morgan fingerprint density at radius 3 is 2.47 bits per heavy atom. The SMILES string of the molecule is Cc1ccnc(N(CC(F)(F)F)C(C)C)c1C(=N)N. The van der Waals surface area contributed by atoms with Crippen molar-refractivity contribution in [3.63, 3.8) is 0 Å². The maximum absolute atomic E-state index is 12.6. The molecule has 1 aromatic heterocycles. The highest BCUT2D eigenvalue weighted by Crippen LogP contribution is 2.26. The Kier molecular flexibility index (Phi) is 4.39. The van der Waals surface area contributed by atoms with E-state index in [1.54, 1.807) is 26.8 Å². The Balaban J connectivity index is 3.31. The van der Waals surface area contributed by atoms with Crippen LogP contribution in [0.1, 0.15) is 25.0 Å². The molecule has 0 aliphatic carbocycles. The van der Waals surface area contributed by atoms with Crippen molar-refractivity contribution in [1.29, 1.82) is 5.41 Å². The largest absolute Gasteiger partial charge is 0.405 e. The zero-order chi connectivity index (χ0) is 14.8. The maximum Gasteiger partial charge on any atom is 0.405 e. The predicted octanol–water partition coefficient (Wildman–Crippen LogP) is 2.45. The third kappa shape index (κ3) is 3.84. The summed E-state index contributed by atoms with van der Waals surface area (Å²) in [6.07, 6.45) is -2.92. The lowest BCUT2D eigenvalue weighted by Crippen LogP contribution is -2.41. The number of aromatic nitrogens is 1. The van der Waals surface area contributed by atoms with E-state index in [9.17, 15) is 13.2 Å². The molecule has 0 aliphatic rings. The molecule has 106 valence electrons. The molecule has 0 amide bonds. The van der Waals surface area contributed by atoms with Crippen LogP contribution in [-0.4, -0.2) is 29.6 Å². The van der Waals surface area contributed by atoms with Gasteiger partial charge in [-0.1, -0.05) is 0 Å². The molecule has 0 saturated carbocycles. The maximum atomic E-state index is 12.6. The van der Waals surface area contributed by atoms with Gasteiger partial charge < -0.3 is 10.6 Å². The van der Waals surface area contributed by atoms with E-state index in [-0.39, 0.29) is 17.2 Å². The summed E-state index contributed by atoms with van der Waals surface area (Å²) >= 11 is 0. The van der Waals surface area contributed by atoms with Gasteiger partial charge in [0.05, 0.1) is 5.56 Å². The first-order valence-electron chi connectivity index (χ1n) is 5.77. The number of hydrogen-bond donors (Lipinski definition) is 2. The second-order valence-corrected chi connectivity index (χ2v) is 4.58. The van der Waals surface area contributed by atoms with Crippen molar-refractivity contribution in [2.75, 3.05) is 11.4 Å². The third-order valence-corrected chi connectivity index (χ3v) is 2.65. The van der Waals surface area contributed by atoms with Crippen molar-refractivity contribution in [2.45, 2.75) is 33.0 Å². The van der Waals surface area contributed by atoms with Gasteiger partial charge >= 0.3 is 6.18 Å². The van der Waals surface area contributed by atoms with Crippen LogP contribution in [0.15, 0.2) is 12.3 Å². The fourth-order valence-electron chi connectivity index (χ4n) is 1.79. The third-order valence-electron chi connectivity index (χ3n) is 2.65. The number of nitrogens with two attached hydrogens (primary N) is 1. The zero-order valence-electron chi connectivity index (χ0n) is 11.0. The average molecular weight is 274 g/mol. The minimum atomic E-state index is -4.34. The summed E-state index contributed by atoms with van der Waals surface area (Å²) in [5.41, 5.74) is 6.33. The number of amidine groups is 1. The number of halogens is 3. The first kappa shape index (κ1) is 15.3. The molecule has 0 unspecified atom stereocenters. The van der Waals surface area contributed by atoms with E-state index in [0.717, 1.165) is 4.90 Å². The molecule has 7 heteroatoms. The molecule has 4 nitrogen and oxygen atoms in total. The Morgan fingerprint density at radius 2 is 2.05 bits per heavy atom. The molecule has 0 radical (unpaired) electrons. The van der Waals surface area contributed by atoms with E-state index in [0.29, 0.717) is 5.56 Å². The molecule has 3 N–H and O–H groups in total. The first-order valence-corrected chi connectivity index (χ1v) is 5.77. The van der Waals surface area contributed by atoms with E-state index < -0.39 is 18.8 Å². The van der Waals surface area contributed by atoms with Crippen LogP contribution in [0.3, 0.4) is 0 Å². The molecule has 0 saturated heterocycles.